The summed E-state index contributed by atoms with van der Waals surface area (Å²) in [7, 11) is -7.79. The molecule has 5 atom stereocenters. The number of hydrogen-bond acceptors (Lipinski definition) is 14. The van der Waals surface area contributed by atoms with E-state index in [1.165, 1.54) is 25.6 Å². The molecular formula is C27H42ClN6O11PS. The third kappa shape index (κ3) is 7.19. The maximum atomic E-state index is 14.2. The highest BCUT2D eigenvalue weighted by molar-refractivity contribution is 7.87. The van der Waals surface area contributed by atoms with Gasteiger partial charge >= 0.3 is 17.8 Å². The Labute approximate surface area is 277 Å². The number of anilines is 1. The number of methoxy groups -OCH3 is 1. The van der Waals surface area contributed by atoms with Crippen LogP contribution in [-0.2, 0) is 42.8 Å². The van der Waals surface area contributed by atoms with Crippen LogP contribution in [0.3, 0.4) is 0 Å². The molecule has 4 heterocycles. The van der Waals surface area contributed by atoms with Gasteiger partial charge in [-0.3, -0.25) is 9.36 Å². The minimum absolute atomic E-state index is 0.179. The number of halogens is 1. The molecule has 20 heteroatoms. The SMILES string of the molecule is CCOP(=O)(OCC)[C@@](COC)(OC[C@H]1O[C@@H](n2ncc3c(NC4CCCC4)cc(Cl)nc32)[C@H](O)[C@@H]1O)C(=O)NS(=O)(=O)N1CCC1. The van der Waals surface area contributed by atoms with Crippen LogP contribution < -0.4 is 10.0 Å². The van der Waals surface area contributed by atoms with Gasteiger partial charge < -0.3 is 38.8 Å². The molecule has 4 N–H and O–H groups in total. The number of aliphatic hydroxyl groups is 2. The van der Waals surface area contributed by atoms with Gasteiger partial charge in [0.1, 0.15) is 23.5 Å². The molecule has 2 aliphatic heterocycles. The Hall–Kier alpha value is -1.96. The molecule has 0 aromatic carbocycles. The van der Waals surface area contributed by atoms with Crippen molar-refractivity contribution >= 4 is 52.0 Å². The number of aliphatic hydroxyl groups excluding tert-OH is 2. The zero-order chi connectivity index (χ0) is 34.0. The Morgan fingerprint density at radius 3 is 2.45 bits per heavy atom. The third-order valence-corrected chi connectivity index (χ3v) is 12.7. The molecule has 2 aromatic rings. The topological polar surface area (TPSA) is 213 Å². The molecule has 47 heavy (non-hydrogen) atoms. The van der Waals surface area contributed by atoms with E-state index in [4.69, 9.17) is 34.9 Å². The second-order valence-electron chi connectivity index (χ2n) is 11.5. The first kappa shape index (κ1) is 36.3. The van der Waals surface area contributed by atoms with Gasteiger partial charge in [0, 0.05) is 26.2 Å². The Balaban J connectivity index is 1.42. The number of rotatable bonds is 16. The zero-order valence-electron chi connectivity index (χ0n) is 26.4. The van der Waals surface area contributed by atoms with Gasteiger partial charge in [-0.25, -0.2) is 14.4 Å². The van der Waals surface area contributed by atoms with Gasteiger partial charge in [0.05, 0.1) is 43.7 Å². The second-order valence-corrected chi connectivity index (χ2v) is 15.8. The fourth-order valence-corrected chi connectivity index (χ4v) is 9.43. The Morgan fingerprint density at radius 2 is 1.85 bits per heavy atom. The summed E-state index contributed by atoms with van der Waals surface area (Å²) in [6.45, 7) is 1.57. The third-order valence-electron chi connectivity index (χ3n) is 8.43. The van der Waals surface area contributed by atoms with Crippen LogP contribution in [0.1, 0.15) is 52.2 Å². The number of aromatic nitrogens is 3. The highest BCUT2D eigenvalue weighted by atomic mass is 35.5. The van der Waals surface area contributed by atoms with E-state index in [0.717, 1.165) is 35.7 Å². The first-order valence-corrected chi connectivity index (χ1v) is 18.9. The summed E-state index contributed by atoms with van der Waals surface area (Å²) >= 11 is 6.36. The van der Waals surface area contributed by atoms with Crippen molar-refractivity contribution in [2.24, 2.45) is 0 Å². The molecule has 3 fully saturated rings. The maximum absolute atomic E-state index is 14.2. The van der Waals surface area contributed by atoms with E-state index in [0.29, 0.717) is 11.8 Å². The average Bonchev–Trinajstić information content (AvgIpc) is 3.70. The van der Waals surface area contributed by atoms with Crippen molar-refractivity contribution in [1.82, 2.24) is 23.8 Å². The van der Waals surface area contributed by atoms with Crippen molar-refractivity contribution in [3.63, 3.8) is 0 Å². The van der Waals surface area contributed by atoms with Crippen molar-refractivity contribution in [3.05, 3.63) is 17.4 Å². The Kier molecular flexibility index (Phi) is 11.5. The van der Waals surface area contributed by atoms with Crippen LogP contribution in [0, 0.1) is 0 Å². The highest BCUT2D eigenvalue weighted by Gasteiger charge is 2.61. The molecule has 0 bridgehead atoms. The summed E-state index contributed by atoms with van der Waals surface area (Å²) in [6.07, 6.45) is 0.667. The van der Waals surface area contributed by atoms with Crippen LogP contribution in [-0.4, -0.2) is 120 Å². The number of ether oxygens (including phenoxy) is 3. The molecule has 0 radical (unpaired) electrons. The summed E-state index contributed by atoms with van der Waals surface area (Å²) in [6, 6.07) is 1.97. The van der Waals surface area contributed by atoms with Gasteiger partial charge in [0.25, 0.3) is 11.2 Å². The van der Waals surface area contributed by atoms with Crippen molar-refractivity contribution in [1.29, 1.82) is 0 Å². The van der Waals surface area contributed by atoms with E-state index in [1.54, 1.807) is 12.3 Å². The molecule has 17 nitrogen and oxygen atoms in total. The van der Waals surface area contributed by atoms with Gasteiger partial charge in [-0.05, 0) is 39.2 Å². The predicted octanol–water partition coefficient (Wildman–Crippen LogP) is 1.75. The Morgan fingerprint density at radius 1 is 1.17 bits per heavy atom. The lowest BCUT2D eigenvalue weighted by Crippen LogP contribution is -2.58. The molecule has 0 spiro atoms. The van der Waals surface area contributed by atoms with Gasteiger partial charge in [0.15, 0.2) is 11.9 Å². The second kappa shape index (κ2) is 14.9. The van der Waals surface area contributed by atoms with Crippen LogP contribution >= 0.6 is 19.2 Å². The smallest absolute Gasteiger partial charge is 0.374 e. The maximum Gasteiger partial charge on any atom is 0.374 e. The zero-order valence-corrected chi connectivity index (χ0v) is 28.9. The summed E-state index contributed by atoms with van der Waals surface area (Å²) in [5.41, 5.74) is 1.01. The van der Waals surface area contributed by atoms with Gasteiger partial charge in [0.2, 0.25) is 0 Å². The quantitative estimate of drug-likeness (QED) is 0.144. The molecule has 264 valence electrons. The number of hydrogen-bond donors (Lipinski definition) is 4. The Bertz CT molecular complexity index is 1560. The number of carbonyl (C=O) groups excluding carboxylic acids is 1. The molecule has 1 amide bonds. The predicted molar refractivity (Wildman–Crippen MR) is 169 cm³/mol. The summed E-state index contributed by atoms with van der Waals surface area (Å²) < 4.78 is 72.3. The van der Waals surface area contributed by atoms with E-state index in [1.807, 2.05) is 4.72 Å². The van der Waals surface area contributed by atoms with Crippen LogP contribution in [0.15, 0.2) is 12.3 Å². The molecule has 1 saturated carbocycles. The minimum Gasteiger partial charge on any atom is -0.387 e. The monoisotopic (exact) mass is 724 g/mol. The van der Waals surface area contributed by atoms with Gasteiger partial charge in [-0.15, -0.1) is 0 Å². The van der Waals surface area contributed by atoms with E-state index in [-0.39, 0.29) is 43.1 Å². The number of carbonyl (C=O) groups is 1. The number of nitrogens with one attached hydrogen (secondary N) is 2. The van der Waals surface area contributed by atoms with Crippen molar-refractivity contribution in [2.45, 2.75) is 81.9 Å². The lowest BCUT2D eigenvalue weighted by Gasteiger charge is -2.38. The number of pyridine rings is 1. The molecule has 2 aromatic heterocycles. The van der Waals surface area contributed by atoms with Crippen molar-refractivity contribution in [2.75, 3.05) is 51.9 Å². The highest BCUT2D eigenvalue weighted by Crippen LogP contribution is 2.61. The molecule has 5 rings (SSSR count). The molecule has 3 aliphatic rings. The number of amides is 1. The van der Waals surface area contributed by atoms with E-state index in [9.17, 15) is 28.0 Å². The summed E-state index contributed by atoms with van der Waals surface area (Å²) in [5, 5.41) is 28.1. The van der Waals surface area contributed by atoms with Gasteiger partial charge in [-0.1, -0.05) is 24.4 Å². The minimum atomic E-state index is -4.64. The molecule has 2 saturated heterocycles. The first-order valence-electron chi connectivity index (χ1n) is 15.6. The average molecular weight is 725 g/mol. The van der Waals surface area contributed by atoms with E-state index < -0.39 is 66.8 Å². The van der Waals surface area contributed by atoms with Crippen molar-refractivity contribution < 1.29 is 51.2 Å². The fourth-order valence-electron chi connectivity index (χ4n) is 5.90. The lowest BCUT2D eigenvalue weighted by atomic mass is 10.1. The first-order chi connectivity index (χ1) is 22.4. The molecule has 1 aliphatic carbocycles. The van der Waals surface area contributed by atoms with Crippen LogP contribution in [0.5, 0.6) is 0 Å². The van der Waals surface area contributed by atoms with Crippen molar-refractivity contribution in [3.8, 4) is 0 Å². The van der Waals surface area contributed by atoms with E-state index in [2.05, 4.69) is 15.4 Å². The number of fused-ring (bicyclic) bond motifs is 1. The summed E-state index contributed by atoms with van der Waals surface area (Å²) in [4.78, 5) is 18.2. The van der Waals surface area contributed by atoms with Gasteiger partial charge in [-0.2, -0.15) is 17.8 Å². The molecule has 0 unspecified atom stereocenters. The largest absolute Gasteiger partial charge is 0.387 e. The lowest BCUT2D eigenvalue weighted by molar-refractivity contribution is -0.152. The fraction of sp³-hybridized carbons (Fsp3) is 0.741. The van der Waals surface area contributed by atoms with E-state index >= 15 is 0 Å². The van der Waals surface area contributed by atoms with Crippen LogP contribution in [0.25, 0.3) is 11.0 Å². The van der Waals surface area contributed by atoms with Crippen LogP contribution in [0.2, 0.25) is 5.15 Å². The van der Waals surface area contributed by atoms with Crippen LogP contribution in [0.4, 0.5) is 5.69 Å². The summed E-state index contributed by atoms with van der Waals surface area (Å²) in [5.74, 6) is -1.36. The standard InChI is InChI=1S/C27H42ClN6O11PS/c1-4-43-46(38,44-5-2)27(16-41-3,26(37)32-47(39,40)33-11-8-12-33)42-15-20-22(35)23(36)25(45-20)34-24-18(14-29-34)19(13-21(28)31-24)30-17-9-6-7-10-17/h13-14,17,20,22-23,25,35-36H,4-12,15-16H2,1-3H3,(H,30,31)(H,32,37)/t20-,22-,23-,25-,27-/m1/s1. The normalized spacial score (nSPS) is 25.6. The molecular weight excluding hydrogens is 683 g/mol. The number of nitrogens with zero attached hydrogens (tertiary/aromatic N) is 4.